The molecule has 0 aliphatic carbocycles. The summed E-state index contributed by atoms with van der Waals surface area (Å²) in [5.41, 5.74) is 3.59. The smallest absolute Gasteiger partial charge is 0.264 e. The van der Waals surface area contributed by atoms with Gasteiger partial charge in [-0.05, 0) is 34.9 Å². The van der Waals surface area contributed by atoms with Crippen LogP contribution in [-0.2, 0) is 6.54 Å². The van der Waals surface area contributed by atoms with E-state index in [9.17, 15) is 4.79 Å². The number of para-hydroxylation sites is 1. The molecule has 0 aliphatic rings. The summed E-state index contributed by atoms with van der Waals surface area (Å²) in [4.78, 5) is 17.6. The first-order chi connectivity index (χ1) is 13.7. The summed E-state index contributed by atoms with van der Waals surface area (Å²) in [5.74, 6) is 0. The van der Waals surface area contributed by atoms with Gasteiger partial charge in [0, 0.05) is 0 Å². The van der Waals surface area contributed by atoms with E-state index in [0.29, 0.717) is 17.6 Å². The van der Waals surface area contributed by atoms with Gasteiger partial charge in [-0.1, -0.05) is 60.7 Å². The summed E-state index contributed by atoms with van der Waals surface area (Å²) < 4.78 is 3.38. The van der Waals surface area contributed by atoms with Gasteiger partial charge in [0.2, 0.25) is 0 Å². The normalized spacial score (nSPS) is 11.3. The SMILES string of the molecule is Cc1ccccc1-n1ncc2c(=O)n(Cc3cccc4ccccc34)cnc21. The quantitative estimate of drug-likeness (QED) is 0.483. The van der Waals surface area contributed by atoms with Crippen molar-refractivity contribution in [2.24, 2.45) is 0 Å². The second-order valence-electron chi connectivity index (χ2n) is 6.90. The van der Waals surface area contributed by atoms with Crippen LogP contribution >= 0.6 is 0 Å². The van der Waals surface area contributed by atoms with Crippen molar-refractivity contribution in [3.8, 4) is 5.69 Å². The lowest BCUT2D eigenvalue weighted by atomic mass is 10.0. The number of nitrogens with zero attached hydrogens (tertiary/aromatic N) is 4. The van der Waals surface area contributed by atoms with Crippen molar-refractivity contribution in [1.29, 1.82) is 0 Å². The van der Waals surface area contributed by atoms with Crippen molar-refractivity contribution in [1.82, 2.24) is 19.3 Å². The van der Waals surface area contributed by atoms with Crippen LogP contribution in [0.5, 0.6) is 0 Å². The lowest BCUT2D eigenvalue weighted by Gasteiger charge is -2.10. The average molecular weight is 366 g/mol. The summed E-state index contributed by atoms with van der Waals surface area (Å²) in [6, 6.07) is 22.3. The highest BCUT2D eigenvalue weighted by Gasteiger charge is 2.13. The van der Waals surface area contributed by atoms with E-state index in [1.165, 1.54) is 0 Å². The molecule has 5 heteroatoms. The molecular formula is C23H18N4O. The first kappa shape index (κ1) is 16.4. The molecule has 0 N–H and O–H groups in total. The number of rotatable bonds is 3. The molecule has 0 saturated carbocycles. The molecule has 5 aromatic rings. The van der Waals surface area contributed by atoms with Gasteiger partial charge in [-0.2, -0.15) is 5.10 Å². The molecule has 0 atom stereocenters. The summed E-state index contributed by atoms with van der Waals surface area (Å²) in [7, 11) is 0. The average Bonchev–Trinajstić information content (AvgIpc) is 3.15. The zero-order valence-electron chi connectivity index (χ0n) is 15.4. The topological polar surface area (TPSA) is 52.7 Å². The molecule has 28 heavy (non-hydrogen) atoms. The highest BCUT2D eigenvalue weighted by atomic mass is 16.1. The molecule has 0 aliphatic heterocycles. The van der Waals surface area contributed by atoms with Crippen LogP contribution in [0.25, 0.3) is 27.5 Å². The summed E-state index contributed by atoms with van der Waals surface area (Å²) in [5, 5.41) is 7.25. The Labute approximate surface area is 161 Å². The fourth-order valence-electron chi connectivity index (χ4n) is 3.65. The van der Waals surface area contributed by atoms with Gasteiger partial charge in [0.25, 0.3) is 5.56 Å². The molecule has 5 rings (SSSR count). The lowest BCUT2D eigenvalue weighted by molar-refractivity contribution is 0.749. The van der Waals surface area contributed by atoms with E-state index in [4.69, 9.17) is 0 Å². The Morgan fingerprint density at radius 1 is 0.893 bits per heavy atom. The van der Waals surface area contributed by atoms with Crippen LogP contribution in [0.1, 0.15) is 11.1 Å². The molecule has 5 nitrogen and oxygen atoms in total. The minimum absolute atomic E-state index is 0.0854. The molecule has 0 saturated heterocycles. The van der Waals surface area contributed by atoms with Crippen LogP contribution in [0.15, 0.2) is 84.0 Å². The number of hydrogen-bond acceptors (Lipinski definition) is 3. The van der Waals surface area contributed by atoms with E-state index >= 15 is 0 Å². The van der Waals surface area contributed by atoms with Crippen molar-refractivity contribution in [2.45, 2.75) is 13.5 Å². The molecule has 0 fully saturated rings. The van der Waals surface area contributed by atoms with Crippen LogP contribution in [0.3, 0.4) is 0 Å². The maximum absolute atomic E-state index is 13.1. The Kier molecular flexibility index (Phi) is 3.79. The Bertz CT molecular complexity index is 1380. The van der Waals surface area contributed by atoms with Crippen LogP contribution in [-0.4, -0.2) is 19.3 Å². The van der Waals surface area contributed by atoms with E-state index in [1.807, 2.05) is 49.4 Å². The van der Waals surface area contributed by atoms with Gasteiger partial charge >= 0.3 is 0 Å². The Balaban J connectivity index is 1.62. The van der Waals surface area contributed by atoms with E-state index in [0.717, 1.165) is 27.6 Å². The number of hydrogen-bond donors (Lipinski definition) is 0. The predicted octanol–water partition coefficient (Wildman–Crippen LogP) is 4.09. The molecule has 3 aromatic carbocycles. The van der Waals surface area contributed by atoms with Crippen molar-refractivity contribution < 1.29 is 0 Å². The molecule has 2 heterocycles. The van der Waals surface area contributed by atoms with E-state index in [-0.39, 0.29) is 5.56 Å². The van der Waals surface area contributed by atoms with Crippen molar-refractivity contribution in [3.63, 3.8) is 0 Å². The van der Waals surface area contributed by atoms with Gasteiger partial charge < -0.3 is 0 Å². The van der Waals surface area contributed by atoms with Crippen LogP contribution in [0, 0.1) is 6.92 Å². The molecular weight excluding hydrogens is 348 g/mol. The molecule has 2 aromatic heterocycles. The first-order valence-corrected chi connectivity index (χ1v) is 9.18. The Morgan fingerprint density at radius 3 is 2.57 bits per heavy atom. The van der Waals surface area contributed by atoms with Crippen LogP contribution < -0.4 is 5.56 Å². The largest absolute Gasteiger partial charge is 0.294 e. The van der Waals surface area contributed by atoms with Crippen LogP contribution in [0.2, 0.25) is 0 Å². The standard InChI is InChI=1S/C23H18N4O/c1-16-7-2-5-12-21(16)27-22-20(13-25-27)23(28)26(15-24-22)14-18-10-6-9-17-8-3-4-11-19(17)18/h2-13,15H,14H2,1H3. The predicted molar refractivity (Wildman–Crippen MR) is 111 cm³/mol. The molecule has 0 bridgehead atoms. The maximum Gasteiger partial charge on any atom is 0.264 e. The second-order valence-corrected chi connectivity index (χ2v) is 6.90. The summed E-state index contributed by atoms with van der Waals surface area (Å²) in [6.45, 7) is 2.49. The van der Waals surface area contributed by atoms with Gasteiger partial charge in [-0.3, -0.25) is 9.36 Å². The maximum atomic E-state index is 13.1. The summed E-state index contributed by atoms with van der Waals surface area (Å²) >= 11 is 0. The zero-order chi connectivity index (χ0) is 19.1. The van der Waals surface area contributed by atoms with Crippen molar-refractivity contribution in [3.05, 3.63) is 101 Å². The van der Waals surface area contributed by atoms with Gasteiger partial charge in [0.1, 0.15) is 11.7 Å². The van der Waals surface area contributed by atoms with Gasteiger partial charge in [-0.15, -0.1) is 0 Å². The fraction of sp³-hybridized carbons (Fsp3) is 0.0870. The lowest BCUT2D eigenvalue weighted by Crippen LogP contribution is -2.21. The third-order valence-corrected chi connectivity index (χ3v) is 5.12. The Morgan fingerprint density at radius 2 is 1.68 bits per heavy atom. The monoisotopic (exact) mass is 366 g/mol. The Hall–Kier alpha value is -3.73. The number of aromatic nitrogens is 4. The molecule has 0 amide bonds. The number of benzene rings is 3. The number of aryl methyl sites for hydroxylation is 1. The van der Waals surface area contributed by atoms with E-state index in [2.05, 4.69) is 34.3 Å². The minimum atomic E-state index is -0.0854. The van der Waals surface area contributed by atoms with E-state index in [1.54, 1.807) is 21.8 Å². The molecule has 0 spiro atoms. The minimum Gasteiger partial charge on any atom is -0.294 e. The third kappa shape index (κ3) is 2.60. The summed E-state index contributed by atoms with van der Waals surface area (Å²) in [6.07, 6.45) is 3.22. The van der Waals surface area contributed by atoms with Crippen molar-refractivity contribution in [2.75, 3.05) is 0 Å². The second kappa shape index (κ2) is 6.46. The van der Waals surface area contributed by atoms with Gasteiger partial charge in [0.15, 0.2) is 5.65 Å². The zero-order valence-corrected chi connectivity index (χ0v) is 15.4. The third-order valence-electron chi connectivity index (χ3n) is 5.12. The van der Waals surface area contributed by atoms with Crippen molar-refractivity contribution >= 4 is 21.8 Å². The highest BCUT2D eigenvalue weighted by Crippen LogP contribution is 2.20. The molecule has 0 radical (unpaired) electrons. The fourth-order valence-corrected chi connectivity index (χ4v) is 3.65. The number of fused-ring (bicyclic) bond motifs is 2. The molecule has 136 valence electrons. The van der Waals surface area contributed by atoms with Gasteiger partial charge in [0.05, 0.1) is 18.4 Å². The van der Waals surface area contributed by atoms with Gasteiger partial charge in [-0.25, -0.2) is 9.67 Å². The molecule has 0 unspecified atom stereocenters. The van der Waals surface area contributed by atoms with Crippen LogP contribution in [0.4, 0.5) is 0 Å². The first-order valence-electron chi connectivity index (χ1n) is 9.18. The highest BCUT2D eigenvalue weighted by molar-refractivity contribution is 5.85. The van der Waals surface area contributed by atoms with E-state index < -0.39 is 0 Å².